The molecule has 0 bridgehead atoms. The molecule has 0 aliphatic rings. The quantitative estimate of drug-likeness (QED) is 0.788. The van der Waals surface area contributed by atoms with Gasteiger partial charge in [-0.2, -0.15) is 0 Å². The van der Waals surface area contributed by atoms with Crippen molar-refractivity contribution in [3.05, 3.63) is 64.3 Å². The van der Waals surface area contributed by atoms with Gasteiger partial charge in [0.25, 0.3) is 0 Å². The van der Waals surface area contributed by atoms with Gasteiger partial charge < -0.3 is 5.11 Å². The molecular weight excluding hydrogens is 325 g/mol. The highest BCUT2D eigenvalue weighted by molar-refractivity contribution is 6.35. The van der Waals surface area contributed by atoms with Gasteiger partial charge in [-0.25, -0.2) is 9.48 Å². The lowest BCUT2D eigenvalue weighted by molar-refractivity contribution is 0.0691. The van der Waals surface area contributed by atoms with E-state index in [1.807, 2.05) is 18.2 Å². The average Bonchev–Trinajstić information content (AvgIpc) is 2.93. The first-order valence-corrected chi connectivity index (χ1v) is 7.03. The molecule has 5 nitrogen and oxygen atoms in total. The van der Waals surface area contributed by atoms with Crippen molar-refractivity contribution in [2.75, 3.05) is 0 Å². The van der Waals surface area contributed by atoms with Gasteiger partial charge in [-0.1, -0.05) is 58.7 Å². The Balaban J connectivity index is 2.27. The lowest BCUT2D eigenvalue weighted by Crippen LogP contribution is -2.03. The number of hydrogen-bond acceptors (Lipinski definition) is 3. The number of benzene rings is 2. The Bertz CT molecular complexity index is 847. The van der Waals surface area contributed by atoms with Crippen molar-refractivity contribution in [3.63, 3.8) is 0 Å². The maximum atomic E-state index is 11.4. The minimum atomic E-state index is -1.16. The lowest BCUT2D eigenvalue weighted by Gasteiger charge is -2.09. The van der Waals surface area contributed by atoms with Crippen LogP contribution in [0.1, 0.15) is 10.5 Å². The van der Waals surface area contributed by atoms with Crippen LogP contribution in [0.4, 0.5) is 0 Å². The Morgan fingerprint density at radius 3 is 2.45 bits per heavy atom. The van der Waals surface area contributed by atoms with Crippen molar-refractivity contribution in [2.45, 2.75) is 0 Å². The molecular formula is C15H9Cl2N3O2. The van der Waals surface area contributed by atoms with Gasteiger partial charge in [-0.05, 0) is 18.2 Å². The third-order valence-electron chi connectivity index (χ3n) is 3.06. The van der Waals surface area contributed by atoms with E-state index >= 15 is 0 Å². The van der Waals surface area contributed by atoms with Crippen LogP contribution in [0.2, 0.25) is 10.0 Å². The summed E-state index contributed by atoms with van der Waals surface area (Å²) in [4.78, 5) is 11.4. The van der Waals surface area contributed by atoms with Crippen molar-refractivity contribution in [3.8, 4) is 16.9 Å². The number of aromatic nitrogens is 3. The number of nitrogens with zero attached hydrogens (tertiary/aromatic N) is 3. The monoisotopic (exact) mass is 333 g/mol. The molecule has 0 spiro atoms. The molecule has 0 fully saturated rings. The Hall–Kier alpha value is -2.37. The van der Waals surface area contributed by atoms with E-state index in [9.17, 15) is 9.90 Å². The molecule has 1 aromatic heterocycles. The molecule has 7 heteroatoms. The van der Waals surface area contributed by atoms with E-state index in [2.05, 4.69) is 10.3 Å². The minimum absolute atomic E-state index is 0.141. The summed E-state index contributed by atoms with van der Waals surface area (Å²) in [5.41, 5.74) is 1.40. The summed E-state index contributed by atoms with van der Waals surface area (Å²) in [5.74, 6) is -1.16. The van der Waals surface area contributed by atoms with E-state index in [-0.39, 0.29) is 5.69 Å². The molecule has 0 amide bonds. The third-order valence-corrected chi connectivity index (χ3v) is 3.60. The van der Waals surface area contributed by atoms with Gasteiger partial charge >= 0.3 is 5.97 Å². The fraction of sp³-hybridized carbons (Fsp3) is 0. The summed E-state index contributed by atoms with van der Waals surface area (Å²) < 4.78 is 1.40. The fourth-order valence-electron chi connectivity index (χ4n) is 2.10. The summed E-state index contributed by atoms with van der Waals surface area (Å²) in [5, 5.41) is 17.9. The van der Waals surface area contributed by atoms with Gasteiger partial charge in [0.05, 0.1) is 10.7 Å². The van der Waals surface area contributed by atoms with Gasteiger partial charge in [0.2, 0.25) is 0 Å². The third kappa shape index (κ3) is 2.56. The number of rotatable bonds is 3. The van der Waals surface area contributed by atoms with Crippen LogP contribution in [0.25, 0.3) is 16.9 Å². The first-order chi connectivity index (χ1) is 10.6. The number of carboxylic acids is 1. The van der Waals surface area contributed by atoms with E-state index in [4.69, 9.17) is 23.2 Å². The zero-order valence-corrected chi connectivity index (χ0v) is 12.6. The summed E-state index contributed by atoms with van der Waals surface area (Å²) in [6.45, 7) is 0. The second-order valence-electron chi connectivity index (χ2n) is 4.47. The van der Waals surface area contributed by atoms with Crippen LogP contribution in [0.3, 0.4) is 0 Å². The van der Waals surface area contributed by atoms with Crippen molar-refractivity contribution in [2.24, 2.45) is 0 Å². The number of aromatic carboxylic acids is 1. The normalized spacial score (nSPS) is 10.6. The highest BCUT2D eigenvalue weighted by Gasteiger charge is 2.22. The Kier molecular flexibility index (Phi) is 3.83. The second kappa shape index (κ2) is 5.79. The van der Waals surface area contributed by atoms with Crippen LogP contribution in [-0.4, -0.2) is 26.1 Å². The molecule has 0 aliphatic carbocycles. The number of hydrogen-bond donors (Lipinski definition) is 1. The summed E-state index contributed by atoms with van der Waals surface area (Å²) >= 11 is 12.1. The van der Waals surface area contributed by atoms with Crippen LogP contribution in [0.5, 0.6) is 0 Å². The largest absolute Gasteiger partial charge is 0.476 e. The minimum Gasteiger partial charge on any atom is -0.476 e. The zero-order valence-electron chi connectivity index (χ0n) is 11.1. The van der Waals surface area contributed by atoms with Crippen molar-refractivity contribution in [1.29, 1.82) is 0 Å². The van der Waals surface area contributed by atoms with Crippen LogP contribution >= 0.6 is 23.2 Å². The number of carboxylic acid groups (broad SMARTS) is 1. The molecule has 0 saturated heterocycles. The van der Waals surface area contributed by atoms with Gasteiger partial charge in [0.1, 0.15) is 5.69 Å². The summed E-state index contributed by atoms with van der Waals surface area (Å²) in [7, 11) is 0. The zero-order chi connectivity index (χ0) is 15.7. The molecule has 3 aromatic rings. The average molecular weight is 334 g/mol. The molecule has 0 unspecified atom stereocenters. The predicted molar refractivity (Wildman–Crippen MR) is 83.8 cm³/mol. The van der Waals surface area contributed by atoms with Crippen LogP contribution in [0, 0.1) is 0 Å². The van der Waals surface area contributed by atoms with Gasteiger partial charge in [0, 0.05) is 10.6 Å². The molecule has 2 aromatic carbocycles. The first-order valence-electron chi connectivity index (χ1n) is 6.28. The second-order valence-corrected chi connectivity index (χ2v) is 5.31. The van der Waals surface area contributed by atoms with Gasteiger partial charge in [-0.15, -0.1) is 5.10 Å². The maximum Gasteiger partial charge on any atom is 0.358 e. The Morgan fingerprint density at radius 1 is 1.09 bits per heavy atom. The number of halogens is 2. The summed E-state index contributed by atoms with van der Waals surface area (Å²) in [6, 6.07) is 13.9. The van der Waals surface area contributed by atoms with Gasteiger partial charge in [-0.3, -0.25) is 0 Å². The van der Waals surface area contributed by atoms with Crippen molar-refractivity contribution >= 4 is 29.2 Å². The maximum absolute atomic E-state index is 11.4. The molecule has 0 radical (unpaired) electrons. The molecule has 1 N–H and O–H groups in total. The standard InChI is InChI=1S/C15H9Cl2N3O2/c16-10-6-7-12(11(17)8-10)20-14(9-4-2-1-3-5-9)13(15(21)22)18-19-20/h1-8H,(H,21,22). The predicted octanol–water partition coefficient (Wildman–Crippen LogP) is 3.94. The Morgan fingerprint density at radius 2 is 1.82 bits per heavy atom. The number of carbonyl (C=O) groups is 1. The summed E-state index contributed by atoms with van der Waals surface area (Å²) in [6.07, 6.45) is 0. The molecule has 22 heavy (non-hydrogen) atoms. The first kappa shape index (κ1) is 14.6. The lowest BCUT2D eigenvalue weighted by atomic mass is 10.1. The molecule has 3 rings (SSSR count). The van der Waals surface area contributed by atoms with E-state index in [0.29, 0.717) is 27.0 Å². The highest BCUT2D eigenvalue weighted by atomic mass is 35.5. The highest BCUT2D eigenvalue weighted by Crippen LogP contribution is 2.30. The van der Waals surface area contributed by atoms with Gasteiger partial charge in [0.15, 0.2) is 5.69 Å². The van der Waals surface area contributed by atoms with E-state index in [1.54, 1.807) is 30.3 Å². The van der Waals surface area contributed by atoms with Crippen LogP contribution in [-0.2, 0) is 0 Å². The smallest absolute Gasteiger partial charge is 0.358 e. The molecule has 1 heterocycles. The Labute approximate surface area is 135 Å². The van der Waals surface area contributed by atoms with Crippen molar-refractivity contribution < 1.29 is 9.90 Å². The van der Waals surface area contributed by atoms with E-state index < -0.39 is 5.97 Å². The van der Waals surface area contributed by atoms with Crippen LogP contribution in [0.15, 0.2) is 48.5 Å². The molecule has 0 aliphatic heterocycles. The van der Waals surface area contributed by atoms with Crippen LogP contribution < -0.4 is 0 Å². The van der Waals surface area contributed by atoms with E-state index in [1.165, 1.54) is 4.68 Å². The van der Waals surface area contributed by atoms with E-state index in [0.717, 1.165) is 0 Å². The molecule has 0 atom stereocenters. The topological polar surface area (TPSA) is 68.0 Å². The SMILES string of the molecule is O=C(O)c1nnn(-c2ccc(Cl)cc2Cl)c1-c1ccccc1. The van der Waals surface area contributed by atoms with Crippen molar-refractivity contribution in [1.82, 2.24) is 15.0 Å². The molecule has 110 valence electrons. The molecule has 0 saturated carbocycles. The fourth-order valence-corrected chi connectivity index (χ4v) is 2.59.